The maximum Gasteiger partial charge on any atom is 0.214 e. The van der Waals surface area contributed by atoms with Gasteiger partial charge in [0.2, 0.25) is 5.95 Å². The van der Waals surface area contributed by atoms with E-state index in [1.807, 2.05) is 6.07 Å². The Bertz CT molecular complexity index is 757. The van der Waals surface area contributed by atoms with Gasteiger partial charge in [-0.3, -0.25) is 0 Å². The molecule has 3 aromatic rings. The zero-order valence-corrected chi connectivity index (χ0v) is 10.8. The van der Waals surface area contributed by atoms with Crippen LogP contribution in [0.5, 0.6) is 5.75 Å². The first-order valence-electron chi connectivity index (χ1n) is 5.61. The normalized spacial score (nSPS) is 10.8. The Kier molecular flexibility index (Phi) is 2.79. The molecule has 1 aromatic carbocycles. The predicted molar refractivity (Wildman–Crippen MR) is 74.0 cm³/mol. The summed E-state index contributed by atoms with van der Waals surface area (Å²) in [4.78, 5) is 8.72. The first-order chi connectivity index (χ1) is 9.17. The first kappa shape index (κ1) is 11.9. The van der Waals surface area contributed by atoms with Crippen LogP contribution >= 0.6 is 11.3 Å². The molecule has 2 aromatic heterocycles. The maximum atomic E-state index is 13.0. The minimum atomic E-state index is -0.518. The van der Waals surface area contributed by atoms with Crippen molar-refractivity contribution < 1.29 is 9.50 Å². The zero-order valence-electron chi connectivity index (χ0n) is 10.0. The number of phenolic OH excluding ortho intramolecular Hbond substituents is 1. The molecule has 2 N–H and O–H groups in total. The van der Waals surface area contributed by atoms with Gasteiger partial charge in [0.05, 0.1) is 5.69 Å². The molecular weight excluding hydrogens is 264 g/mol. The van der Waals surface area contributed by atoms with Gasteiger partial charge in [0.25, 0.3) is 0 Å². The summed E-state index contributed by atoms with van der Waals surface area (Å²) in [6.07, 6.45) is 0. The number of phenols is 1. The minimum absolute atomic E-state index is 0.151. The average Bonchev–Trinajstić information content (AvgIpc) is 2.81. The van der Waals surface area contributed by atoms with E-state index in [2.05, 4.69) is 15.3 Å². The van der Waals surface area contributed by atoms with Crippen molar-refractivity contribution in [2.45, 2.75) is 0 Å². The van der Waals surface area contributed by atoms with Gasteiger partial charge < -0.3 is 10.4 Å². The van der Waals surface area contributed by atoms with Gasteiger partial charge in [-0.25, -0.2) is 9.97 Å². The average molecular weight is 274 g/mol. The van der Waals surface area contributed by atoms with Crippen LogP contribution in [-0.4, -0.2) is 22.1 Å². The van der Waals surface area contributed by atoms with Gasteiger partial charge in [0.1, 0.15) is 21.1 Å². The predicted octanol–water partition coefficient (Wildman–Crippen LogP) is 3.24. The van der Waals surface area contributed by atoms with Crippen molar-refractivity contribution in [2.24, 2.45) is 0 Å². The fraction of sp³-hybridized carbons (Fsp3) is 0.0769. The molecule has 0 saturated heterocycles. The fourth-order valence-corrected chi connectivity index (χ4v) is 2.72. The lowest BCUT2D eigenvalue weighted by Crippen LogP contribution is -1.88. The standard InChI is InChI=1S/C13H10FN3OS/c1-15-8-3-2-7(6-10(8)18)12-16-9-4-5-11(14)17-13(9)19-12/h2-6,15,18H,1H3/i14-1. The summed E-state index contributed by atoms with van der Waals surface area (Å²) in [6, 6.07) is 8.12. The summed E-state index contributed by atoms with van der Waals surface area (Å²) < 4.78 is 13.0. The molecule has 19 heavy (non-hydrogen) atoms. The van der Waals surface area contributed by atoms with Crippen LogP contribution in [0.3, 0.4) is 0 Å². The molecule has 0 saturated carbocycles. The molecule has 0 radical (unpaired) electrons. The number of anilines is 1. The number of halogens is 1. The number of rotatable bonds is 2. The smallest absolute Gasteiger partial charge is 0.214 e. The zero-order chi connectivity index (χ0) is 13.4. The van der Waals surface area contributed by atoms with Crippen LogP contribution in [0.4, 0.5) is 10.1 Å². The highest BCUT2D eigenvalue weighted by Crippen LogP contribution is 2.33. The molecule has 0 amide bonds. The van der Waals surface area contributed by atoms with Crippen LogP contribution in [-0.2, 0) is 0 Å². The molecule has 0 aliphatic rings. The van der Waals surface area contributed by atoms with E-state index in [0.717, 1.165) is 5.56 Å². The van der Waals surface area contributed by atoms with Crippen LogP contribution < -0.4 is 5.32 Å². The largest absolute Gasteiger partial charge is 0.506 e. The molecule has 0 bridgehead atoms. The second-order valence-electron chi connectivity index (χ2n) is 3.96. The van der Waals surface area contributed by atoms with Crippen LogP contribution in [0.1, 0.15) is 0 Å². The summed E-state index contributed by atoms with van der Waals surface area (Å²) in [5, 5.41) is 13.4. The monoisotopic (exact) mass is 274 g/mol. The van der Waals surface area contributed by atoms with Crippen molar-refractivity contribution in [3.8, 4) is 16.3 Å². The van der Waals surface area contributed by atoms with Crippen molar-refractivity contribution in [2.75, 3.05) is 12.4 Å². The van der Waals surface area contributed by atoms with Crippen molar-refractivity contribution in [1.82, 2.24) is 9.97 Å². The van der Waals surface area contributed by atoms with Crippen LogP contribution in [0.2, 0.25) is 0 Å². The third-order valence-corrected chi connectivity index (χ3v) is 3.75. The lowest BCUT2D eigenvalue weighted by atomic mass is 10.2. The Labute approximate surface area is 112 Å². The molecule has 6 heteroatoms. The maximum absolute atomic E-state index is 13.0. The SMILES string of the molecule is CNc1ccc(-c2nc3ccc([18F])nc3s2)cc1O. The Morgan fingerprint density at radius 2 is 2.05 bits per heavy atom. The number of pyridine rings is 1. The molecular formula is C13H10FN3OS. The van der Waals surface area contributed by atoms with E-state index in [4.69, 9.17) is 0 Å². The molecule has 4 nitrogen and oxygen atoms in total. The number of nitrogens with zero attached hydrogens (tertiary/aromatic N) is 2. The number of hydrogen-bond donors (Lipinski definition) is 2. The van der Waals surface area contributed by atoms with Gasteiger partial charge in [-0.05, 0) is 30.3 Å². The molecule has 0 aliphatic carbocycles. The summed E-state index contributed by atoms with van der Waals surface area (Å²) in [5.74, 6) is -0.366. The van der Waals surface area contributed by atoms with E-state index in [-0.39, 0.29) is 5.75 Å². The number of hydrogen-bond acceptors (Lipinski definition) is 5. The second-order valence-corrected chi connectivity index (χ2v) is 4.94. The van der Waals surface area contributed by atoms with Gasteiger partial charge in [0.15, 0.2) is 0 Å². The molecule has 3 rings (SSSR count). The van der Waals surface area contributed by atoms with E-state index in [1.54, 1.807) is 25.2 Å². The molecule has 0 spiro atoms. The number of thiazole rings is 1. The summed E-state index contributed by atoms with van der Waals surface area (Å²) in [6.45, 7) is 0. The van der Waals surface area contributed by atoms with Crippen LogP contribution in [0, 0.1) is 5.95 Å². The Morgan fingerprint density at radius 1 is 1.21 bits per heavy atom. The lowest BCUT2D eigenvalue weighted by Gasteiger charge is -2.04. The number of nitrogens with one attached hydrogen (secondary N) is 1. The highest BCUT2D eigenvalue weighted by molar-refractivity contribution is 7.21. The fourth-order valence-electron chi connectivity index (χ4n) is 1.79. The minimum Gasteiger partial charge on any atom is -0.506 e. The second kappa shape index (κ2) is 4.47. The van der Waals surface area contributed by atoms with Crippen molar-refractivity contribution in [1.29, 1.82) is 0 Å². The summed E-state index contributed by atoms with van der Waals surface area (Å²) >= 11 is 1.29. The van der Waals surface area contributed by atoms with Gasteiger partial charge in [-0.1, -0.05) is 11.3 Å². The number of fused-ring (bicyclic) bond motifs is 1. The van der Waals surface area contributed by atoms with Crippen LogP contribution in [0.15, 0.2) is 30.3 Å². The molecule has 0 fully saturated rings. The van der Waals surface area contributed by atoms with Gasteiger partial charge in [-0.2, -0.15) is 4.39 Å². The highest BCUT2D eigenvalue weighted by Gasteiger charge is 2.10. The van der Waals surface area contributed by atoms with Gasteiger partial charge in [-0.15, -0.1) is 0 Å². The van der Waals surface area contributed by atoms with Gasteiger partial charge >= 0.3 is 0 Å². The molecule has 0 atom stereocenters. The third-order valence-electron chi connectivity index (χ3n) is 2.74. The third kappa shape index (κ3) is 2.10. The Hall–Kier alpha value is -2.21. The van der Waals surface area contributed by atoms with Crippen molar-refractivity contribution in [3.63, 3.8) is 0 Å². The van der Waals surface area contributed by atoms with Crippen molar-refractivity contribution in [3.05, 3.63) is 36.3 Å². The molecule has 0 unspecified atom stereocenters. The van der Waals surface area contributed by atoms with Crippen molar-refractivity contribution >= 4 is 27.4 Å². The van der Waals surface area contributed by atoms with E-state index < -0.39 is 5.95 Å². The van der Waals surface area contributed by atoms with E-state index in [0.29, 0.717) is 21.0 Å². The van der Waals surface area contributed by atoms with E-state index in [9.17, 15) is 9.50 Å². The Morgan fingerprint density at radius 3 is 2.79 bits per heavy atom. The topological polar surface area (TPSA) is 58.0 Å². The number of aromatic nitrogens is 2. The molecule has 0 aliphatic heterocycles. The van der Waals surface area contributed by atoms with E-state index >= 15 is 0 Å². The molecule has 96 valence electrons. The number of benzene rings is 1. The summed E-state index contributed by atoms with van der Waals surface area (Å²) in [5.41, 5.74) is 2.08. The van der Waals surface area contributed by atoms with Crippen LogP contribution in [0.25, 0.3) is 20.9 Å². The summed E-state index contributed by atoms with van der Waals surface area (Å²) in [7, 11) is 1.74. The Balaban J connectivity index is 2.11. The lowest BCUT2D eigenvalue weighted by molar-refractivity contribution is 0.478. The first-order valence-corrected chi connectivity index (χ1v) is 6.43. The van der Waals surface area contributed by atoms with E-state index in [1.165, 1.54) is 17.4 Å². The molecule has 2 heterocycles. The quantitative estimate of drug-likeness (QED) is 0.556. The van der Waals surface area contributed by atoms with Gasteiger partial charge in [0, 0.05) is 12.6 Å². The highest BCUT2D eigenvalue weighted by atomic mass is 32.1. The number of aromatic hydroxyl groups is 1.